The largest absolute Gasteiger partial charge is 0.301 e. The lowest BCUT2D eigenvalue weighted by atomic mass is 10.1. The highest BCUT2D eigenvalue weighted by Gasteiger charge is 2.22. The number of hydrogen-bond acceptors (Lipinski definition) is 3. The number of H-pyrrole nitrogens is 1. The molecule has 98 valence electrons. The van der Waals surface area contributed by atoms with Crippen molar-refractivity contribution in [3.8, 4) is 0 Å². The van der Waals surface area contributed by atoms with Gasteiger partial charge < -0.3 is 4.98 Å². The van der Waals surface area contributed by atoms with Crippen LogP contribution in [0.4, 0.5) is 0 Å². The lowest BCUT2D eigenvalue weighted by Gasteiger charge is -2.07. The average Bonchev–Trinajstić information content (AvgIpc) is 3.15. The van der Waals surface area contributed by atoms with E-state index in [0.29, 0.717) is 6.42 Å². The molecule has 0 spiro atoms. The Balaban J connectivity index is 2.20. The quantitative estimate of drug-likeness (QED) is 0.468. The Morgan fingerprint density at radius 2 is 2.33 bits per heavy atom. The third-order valence-corrected chi connectivity index (χ3v) is 4.17. The smallest absolute Gasteiger partial charge is 0.255 e. The third-order valence-electron chi connectivity index (χ3n) is 3.07. The molecule has 0 aliphatic heterocycles. The van der Waals surface area contributed by atoms with Crippen LogP contribution < -0.4 is 5.56 Å². The molecule has 4 heteroatoms. The summed E-state index contributed by atoms with van der Waals surface area (Å²) < 4.78 is 0. The van der Waals surface area contributed by atoms with Gasteiger partial charge in [0.15, 0.2) is 5.16 Å². The van der Waals surface area contributed by atoms with E-state index in [1.54, 1.807) is 17.8 Å². The summed E-state index contributed by atoms with van der Waals surface area (Å²) in [7, 11) is 0. The van der Waals surface area contributed by atoms with E-state index in [0.717, 1.165) is 40.9 Å². The standard InChI is InChI=1S/C14H20N2OS/c1-3-5-11-12(6-4-2)15-14(16-13(11)17)18-9-10-7-8-10/h3,10H,1,4-9H2,2H3,(H,15,16,17). The number of allylic oxidation sites excluding steroid dienone is 1. The van der Waals surface area contributed by atoms with E-state index in [1.807, 2.05) is 0 Å². The average molecular weight is 264 g/mol. The fourth-order valence-corrected chi connectivity index (χ4v) is 2.94. The van der Waals surface area contributed by atoms with Gasteiger partial charge in [-0.05, 0) is 31.6 Å². The molecule has 1 saturated carbocycles. The van der Waals surface area contributed by atoms with Crippen LogP contribution in [-0.4, -0.2) is 15.7 Å². The van der Waals surface area contributed by atoms with Gasteiger partial charge in [-0.15, -0.1) is 6.58 Å². The Labute approximate surface area is 112 Å². The highest BCUT2D eigenvalue weighted by atomic mass is 32.2. The number of hydrogen-bond donors (Lipinski definition) is 1. The number of nitrogens with one attached hydrogen (secondary N) is 1. The molecule has 18 heavy (non-hydrogen) atoms. The number of thioether (sulfide) groups is 1. The Hall–Kier alpha value is -1.03. The van der Waals surface area contributed by atoms with Gasteiger partial charge >= 0.3 is 0 Å². The topological polar surface area (TPSA) is 45.8 Å². The SMILES string of the molecule is C=CCc1c(CCC)nc(SCC2CC2)[nH]c1=O. The molecule has 1 N–H and O–H groups in total. The number of nitrogens with zero attached hydrogens (tertiary/aromatic N) is 1. The Morgan fingerprint density at radius 1 is 1.56 bits per heavy atom. The maximum absolute atomic E-state index is 12.0. The van der Waals surface area contributed by atoms with Gasteiger partial charge in [-0.3, -0.25) is 4.79 Å². The van der Waals surface area contributed by atoms with Crippen LogP contribution in [0.3, 0.4) is 0 Å². The first-order chi connectivity index (χ1) is 8.74. The summed E-state index contributed by atoms with van der Waals surface area (Å²) in [5.74, 6) is 1.91. The molecule has 0 bridgehead atoms. The fourth-order valence-electron chi connectivity index (χ4n) is 1.87. The molecule has 1 aromatic heterocycles. The molecule has 0 unspecified atom stereocenters. The Kier molecular flexibility index (Phi) is 4.64. The molecule has 0 aromatic carbocycles. The van der Waals surface area contributed by atoms with Gasteiger partial charge in [0.05, 0.1) is 5.69 Å². The zero-order chi connectivity index (χ0) is 13.0. The minimum absolute atomic E-state index is 0.00615. The minimum Gasteiger partial charge on any atom is -0.301 e. The van der Waals surface area contributed by atoms with Gasteiger partial charge in [0.25, 0.3) is 5.56 Å². The van der Waals surface area contributed by atoms with Gasteiger partial charge in [0, 0.05) is 11.3 Å². The normalized spacial score (nSPS) is 14.7. The summed E-state index contributed by atoms with van der Waals surface area (Å²) in [5, 5.41) is 0.781. The van der Waals surface area contributed by atoms with Crippen molar-refractivity contribution in [1.82, 2.24) is 9.97 Å². The highest BCUT2D eigenvalue weighted by molar-refractivity contribution is 7.99. The molecule has 1 fully saturated rings. The number of aryl methyl sites for hydroxylation is 1. The molecule has 2 rings (SSSR count). The highest BCUT2D eigenvalue weighted by Crippen LogP contribution is 2.33. The first-order valence-electron chi connectivity index (χ1n) is 6.60. The van der Waals surface area contributed by atoms with E-state index in [9.17, 15) is 4.79 Å². The summed E-state index contributed by atoms with van der Waals surface area (Å²) in [6.07, 6.45) is 6.90. The van der Waals surface area contributed by atoms with Crippen LogP contribution >= 0.6 is 11.8 Å². The molecule has 1 aliphatic rings. The van der Waals surface area contributed by atoms with Crippen LogP contribution in [0.2, 0.25) is 0 Å². The van der Waals surface area contributed by atoms with Crippen molar-refractivity contribution < 1.29 is 0 Å². The summed E-state index contributed by atoms with van der Waals surface area (Å²) in [5.41, 5.74) is 1.73. The Bertz CT molecular complexity index is 477. The molecule has 1 heterocycles. The predicted molar refractivity (Wildman–Crippen MR) is 76.2 cm³/mol. The van der Waals surface area contributed by atoms with E-state index >= 15 is 0 Å². The molecule has 0 amide bonds. The van der Waals surface area contributed by atoms with Gasteiger partial charge in [-0.2, -0.15) is 0 Å². The maximum atomic E-state index is 12.0. The van der Waals surface area contributed by atoms with Crippen molar-refractivity contribution in [2.75, 3.05) is 5.75 Å². The fraction of sp³-hybridized carbons (Fsp3) is 0.571. The van der Waals surface area contributed by atoms with Crippen LogP contribution in [0, 0.1) is 5.92 Å². The van der Waals surface area contributed by atoms with Crippen molar-refractivity contribution >= 4 is 11.8 Å². The molecule has 0 atom stereocenters. The minimum atomic E-state index is 0.00615. The first-order valence-corrected chi connectivity index (χ1v) is 7.59. The number of rotatable bonds is 7. The van der Waals surface area contributed by atoms with Crippen molar-refractivity contribution in [3.63, 3.8) is 0 Å². The summed E-state index contributed by atoms with van der Waals surface area (Å²) >= 11 is 1.68. The molecular formula is C14H20N2OS. The van der Waals surface area contributed by atoms with E-state index in [-0.39, 0.29) is 5.56 Å². The lowest BCUT2D eigenvalue weighted by molar-refractivity contribution is 0.790. The first kappa shape index (κ1) is 13.4. The van der Waals surface area contributed by atoms with Crippen molar-refractivity contribution in [3.05, 3.63) is 34.3 Å². The van der Waals surface area contributed by atoms with Crippen molar-refractivity contribution in [1.29, 1.82) is 0 Å². The summed E-state index contributed by atoms with van der Waals surface area (Å²) in [6.45, 7) is 5.81. The van der Waals surface area contributed by atoms with Crippen LogP contribution in [0.15, 0.2) is 22.6 Å². The van der Waals surface area contributed by atoms with Gasteiger partial charge in [-0.25, -0.2) is 4.98 Å². The third kappa shape index (κ3) is 3.48. The maximum Gasteiger partial charge on any atom is 0.255 e. The predicted octanol–water partition coefficient (Wildman–Crippen LogP) is 2.95. The molecule has 1 aromatic rings. The monoisotopic (exact) mass is 264 g/mol. The number of aromatic amines is 1. The van der Waals surface area contributed by atoms with Crippen LogP contribution in [0.1, 0.15) is 37.4 Å². The molecular weight excluding hydrogens is 244 g/mol. The molecule has 0 radical (unpaired) electrons. The van der Waals surface area contributed by atoms with Crippen LogP contribution in [0.25, 0.3) is 0 Å². The van der Waals surface area contributed by atoms with E-state index < -0.39 is 0 Å². The van der Waals surface area contributed by atoms with Crippen LogP contribution in [0.5, 0.6) is 0 Å². The lowest BCUT2D eigenvalue weighted by Crippen LogP contribution is -2.18. The summed E-state index contributed by atoms with van der Waals surface area (Å²) in [4.78, 5) is 19.5. The second-order valence-electron chi connectivity index (χ2n) is 4.79. The Morgan fingerprint density at radius 3 is 2.94 bits per heavy atom. The summed E-state index contributed by atoms with van der Waals surface area (Å²) in [6, 6.07) is 0. The van der Waals surface area contributed by atoms with E-state index in [2.05, 4.69) is 23.5 Å². The second kappa shape index (κ2) is 6.23. The van der Waals surface area contributed by atoms with E-state index in [1.165, 1.54) is 12.8 Å². The second-order valence-corrected chi connectivity index (χ2v) is 5.80. The van der Waals surface area contributed by atoms with Gasteiger partial charge in [-0.1, -0.05) is 31.2 Å². The van der Waals surface area contributed by atoms with E-state index in [4.69, 9.17) is 0 Å². The van der Waals surface area contributed by atoms with Crippen molar-refractivity contribution in [2.24, 2.45) is 5.92 Å². The molecule has 3 nitrogen and oxygen atoms in total. The van der Waals surface area contributed by atoms with Crippen molar-refractivity contribution in [2.45, 2.75) is 44.2 Å². The molecule has 0 saturated heterocycles. The van der Waals surface area contributed by atoms with Gasteiger partial charge in [0.1, 0.15) is 0 Å². The molecule has 1 aliphatic carbocycles. The zero-order valence-electron chi connectivity index (χ0n) is 10.9. The number of aromatic nitrogens is 2. The zero-order valence-corrected chi connectivity index (χ0v) is 11.7. The van der Waals surface area contributed by atoms with Gasteiger partial charge in [0.2, 0.25) is 0 Å². The van der Waals surface area contributed by atoms with Crippen LogP contribution in [-0.2, 0) is 12.8 Å².